The Morgan fingerprint density at radius 3 is 2.65 bits per heavy atom. The minimum atomic E-state index is -3.77. The largest absolute Gasteiger partial charge is 0.477 e. The number of hydrogen-bond acceptors (Lipinski definition) is 7. The van der Waals surface area contributed by atoms with Gasteiger partial charge in [0.1, 0.15) is 10.6 Å². The third-order valence-corrected chi connectivity index (χ3v) is 9.57. The van der Waals surface area contributed by atoms with Gasteiger partial charge >= 0.3 is 0 Å². The lowest BCUT2D eigenvalue weighted by Crippen LogP contribution is -2.51. The predicted octanol–water partition coefficient (Wildman–Crippen LogP) is 3.47. The summed E-state index contributed by atoms with van der Waals surface area (Å²) in [5, 5.41) is 4.52. The van der Waals surface area contributed by atoms with Gasteiger partial charge < -0.3 is 15.8 Å². The SMILES string of the molecule is CN(Cc1csc(C(=O)N2CC(C(=O)NCCN)Oc3ccccc32)c1Cl)S(=O)(=O)c1ccc(Br)cc1. The number of halogens is 2. The number of nitrogens with one attached hydrogen (secondary N) is 1. The molecule has 1 aliphatic rings. The number of rotatable bonds is 8. The lowest BCUT2D eigenvalue weighted by molar-refractivity contribution is -0.127. The van der Waals surface area contributed by atoms with Crippen molar-refractivity contribution in [2.45, 2.75) is 17.5 Å². The molecule has 0 spiro atoms. The van der Waals surface area contributed by atoms with Crippen LogP contribution in [0.15, 0.2) is 63.3 Å². The monoisotopic (exact) mass is 626 g/mol. The van der Waals surface area contributed by atoms with E-state index < -0.39 is 22.0 Å². The van der Waals surface area contributed by atoms with E-state index >= 15 is 0 Å². The van der Waals surface area contributed by atoms with Crippen LogP contribution in [0.3, 0.4) is 0 Å². The lowest BCUT2D eigenvalue weighted by atomic mass is 10.1. The molecule has 0 bridgehead atoms. The van der Waals surface area contributed by atoms with Crippen LogP contribution in [0.25, 0.3) is 0 Å². The number of para-hydroxylation sites is 2. The molecule has 0 radical (unpaired) electrons. The third-order valence-electron chi connectivity index (χ3n) is 5.66. The van der Waals surface area contributed by atoms with Crippen LogP contribution in [0.4, 0.5) is 5.69 Å². The van der Waals surface area contributed by atoms with Crippen molar-refractivity contribution in [2.24, 2.45) is 5.73 Å². The predicted molar refractivity (Wildman–Crippen MR) is 147 cm³/mol. The number of carbonyl (C=O) groups is 2. The van der Waals surface area contributed by atoms with Gasteiger partial charge in [-0.25, -0.2) is 8.42 Å². The molecule has 0 aliphatic carbocycles. The number of fused-ring (bicyclic) bond motifs is 1. The molecule has 0 saturated carbocycles. The topological polar surface area (TPSA) is 122 Å². The molecule has 0 saturated heterocycles. The van der Waals surface area contributed by atoms with Gasteiger partial charge in [-0.1, -0.05) is 39.7 Å². The number of amides is 2. The first-order chi connectivity index (χ1) is 17.6. The zero-order chi connectivity index (χ0) is 26.7. The molecule has 3 aromatic rings. The zero-order valence-corrected chi connectivity index (χ0v) is 23.7. The molecule has 2 heterocycles. The lowest BCUT2D eigenvalue weighted by Gasteiger charge is -2.34. The maximum atomic E-state index is 13.6. The highest BCUT2D eigenvalue weighted by molar-refractivity contribution is 9.10. The summed E-state index contributed by atoms with van der Waals surface area (Å²) >= 11 is 11.0. The fourth-order valence-electron chi connectivity index (χ4n) is 3.74. The van der Waals surface area contributed by atoms with Gasteiger partial charge in [-0.2, -0.15) is 4.31 Å². The Balaban J connectivity index is 1.57. The van der Waals surface area contributed by atoms with E-state index in [1.165, 1.54) is 28.4 Å². The number of hydrogen-bond donors (Lipinski definition) is 2. The van der Waals surface area contributed by atoms with Gasteiger partial charge in [0.2, 0.25) is 10.0 Å². The Kier molecular flexibility index (Phi) is 8.56. The molecule has 1 unspecified atom stereocenters. The molecule has 37 heavy (non-hydrogen) atoms. The number of carbonyl (C=O) groups excluding carboxylic acids is 2. The van der Waals surface area contributed by atoms with E-state index in [9.17, 15) is 18.0 Å². The van der Waals surface area contributed by atoms with Crippen LogP contribution >= 0.6 is 38.9 Å². The van der Waals surface area contributed by atoms with Gasteiger partial charge in [-0.05, 0) is 47.3 Å². The Labute approximate surface area is 232 Å². The highest BCUT2D eigenvalue weighted by Gasteiger charge is 2.35. The molecule has 4 rings (SSSR count). The summed E-state index contributed by atoms with van der Waals surface area (Å²) in [4.78, 5) is 28.0. The summed E-state index contributed by atoms with van der Waals surface area (Å²) in [5.41, 5.74) is 6.48. The number of benzene rings is 2. The molecule has 9 nitrogen and oxygen atoms in total. The van der Waals surface area contributed by atoms with E-state index in [2.05, 4.69) is 21.2 Å². The molecule has 13 heteroatoms. The van der Waals surface area contributed by atoms with Crippen LogP contribution in [-0.4, -0.2) is 57.3 Å². The summed E-state index contributed by atoms with van der Waals surface area (Å²) in [6.45, 7) is 0.515. The van der Waals surface area contributed by atoms with E-state index in [1.54, 1.807) is 41.8 Å². The maximum absolute atomic E-state index is 13.6. The second-order valence-electron chi connectivity index (χ2n) is 8.19. The van der Waals surface area contributed by atoms with Crippen molar-refractivity contribution in [2.75, 3.05) is 31.6 Å². The molecule has 3 N–H and O–H groups in total. The summed E-state index contributed by atoms with van der Waals surface area (Å²) < 4.78 is 33.8. The Morgan fingerprint density at radius 1 is 1.24 bits per heavy atom. The van der Waals surface area contributed by atoms with Crippen LogP contribution in [-0.2, 0) is 21.4 Å². The summed E-state index contributed by atoms with van der Waals surface area (Å²) in [6.07, 6.45) is -0.925. The number of sulfonamides is 1. The Hall–Kier alpha value is -2.48. The zero-order valence-electron chi connectivity index (χ0n) is 19.7. The number of anilines is 1. The van der Waals surface area contributed by atoms with Crippen LogP contribution in [0, 0.1) is 0 Å². The van der Waals surface area contributed by atoms with Crippen molar-refractivity contribution >= 4 is 66.4 Å². The standard InChI is InChI=1S/C24H24BrClN4O5S2/c1-29(37(33,34)17-8-6-16(25)7-9-17)12-15-14-36-22(21(15)26)24(32)30-13-20(23(31)28-11-10-27)35-19-5-3-2-4-18(19)30/h2-9,14,20H,10-13,27H2,1H3,(H,28,31). The minimum Gasteiger partial charge on any atom is -0.477 e. The fourth-order valence-corrected chi connectivity index (χ4v) is 6.44. The highest BCUT2D eigenvalue weighted by atomic mass is 79.9. The second kappa shape index (κ2) is 11.5. The van der Waals surface area contributed by atoms with Crippen molar-refractivity contribution in [3.63, 3.8) is 0 Å². The minimum absolute atomic E-state index is 0.0202. The van der Waals surface area contributed by atoms with Gasteiger partial charge in [0.15, 0.2) is 6.10 Å². The molecule has 2 amide bonds. The van der Waals surface area contributed by atoms with Gasteiger partial charge in [0.25, 0.3) is 11.8 Å². The third kappa shape index (κ3) is 5.84. The van der Waals surface area contributed by atoms with E-state index in [-0.39, 0.29) is 46.9 Å². The normalized spacial score (nSPS) is 15.3. The van der Waals surface area contributed by atoms with Crippen molar-refractivity contribution < 1.29 is 22.7 Å². The van der Waals surface area contributed by atoms with Gasteiger partial charge in [-0.15, -0.1) is 11.3 Å². The number of nitrogens with two attached hydrogens (primary N) is 1. The van der Waals surface area contributed by atoms with Gasteiger partial charge in [-0.3, -0.25) is 14.5 Å². The quantitative estimate of drug-likeness (QED) is 0.395. The fraction of sp³-hybridized carbons (Fsp3) is 0.250. The molecular formula is C24H24BrClN4O5S2. The van der Waals surface area contributed by atoms with Crippen LogP contribution in [0.1, 0.15) is 15.2 Å². The number of ether oxygens (including phenoxy) is 1. The molecule has 1 aliphatic heterocycles. The number of nitrogens with zero attached hydrogens (tertiary/aromatic N) is 2. The summed E-state index contributed by atoms with van der Waals surface area (Å²) in [7, 11) is -2.32. The molecule has 0 fully saturated rings. The maximum Gasteiger partial charge on any atom is 0.270 e. The van der Waals surface area contributed by atoms with Crippen molar-refractivity contribution in [1.82, 2.24) is 9.62 Å². The summed E-state index contributed by atoms with van der Waals surface area (Å²) in [6, 6.07) is 13.2. The first-order valence-corrected chi connectivity index (χ1v) is 14.7. The van der Waals surface area contributed by atoms with Crippen LogP contribution in [0.5, 0.6) is 5.75 Å². The molecular weight excluding hydrogens is 604 g/mol. The Bertz CT molecular complexity index is 1410. The van der Waals surface area contributed by atoms with E-state index in [1.807, 2.05) is 0 Å². The highest BCUT2D eigenvalue weighted by Crippen LogP contribution is 2.37. The first kappa shape index (κ1) is 27.6. The molecule has 1 aromatic heterocycles. The van der Waals surface area contributed by atoms with Crippen LogP contribution in [0.2, 0.25) is 5.02 Å². The smallest absolute Gasteiger partial charge is 0.270 e. The molecule has 2 aromatic carbocycles. The average Bonchev–Trinajstić information content (AvgIpc) is 3.25. The van der Waals surface area contributed by atoms with Gasteiger partial charge in [0, 0.05) is 31.2 Å². The number of thiophene rings is 1. The Morgan fingerprint density at radius 2 is 1.95 bits per heavy atom. The van der Waals surface area contributed by atoms with E-state index in [0.717, 1.165) is 15.8 Å². The van der Waals surface area contributed by atoms with Crippen LogP contribution < -0.4 is 20.7 Å². The van der Waals surface area contributed by atoms with E-state index in [4.69, 9.17) is 22.1 Å². The first-order valence-electron chi connectivity index (χ1n) is 11.2. The van der Waals surface area contributed by atoms with Gasteiger partial charge in [0.05, 0.1) is 22.2 Å². The second-order valence-corrected chi connectivity index (χ2v) is 12.4. The van der Waals surface area contributed by atoms with Crippen molar-refractivity contribution in [3.8, 4) is 5.75 Å². The summed E-state index contributed by atoms with van der Waals surface area (Å²) in [5.74, 6) is -0.397. The molecule has 1 atom stereocenters. The van der Waals surface area contributed by atoms with Crippen molar-refractivity contribution in [3.05, 3.63) is 73.8 Å². The molecule has 196 valence electrons. The van der Waals surface area contributed by atoms with E-state index in [0.29, 0.717) is 17.0 Å². The average molecular weight is 628 g/mol. The van der Waals surface area contributed by atoms with Crippen molar-refractivity contribution in [1.29, 1.82) is 0 Å².